The molecule has 0 aliphatic carbocycles. The Morgan fingerprint density at radius 2 is 2.16 bits per heavy atom. The Labute approximate surface area is 116 Å². The molecule has 3 aromatic rings. The first-order valence-corrected chi connectivity index (χ1v) is 7.10. The summed E-state index contributed by atoms with van der Waals surface area (Å²) in [7, 11) is 2.11. The first-order chi connectivity index (χ1) is 9.22. The van der Waals surface area contributed by atoms with Crippen molar-refractivity contribution >= 4 is 21.6 Å². The lowest BCUT2D eigenvalue weighted by molar-refractivity contribution is 0.313. The van der Waals surface area contributed by atoms with Crippen LogP contribution < -0.4 is 0 Å². The maximum Gasteiger partial charge on any atom is 0.120 e. The average molecular weight is 272 g/mol. The van der Waals surface area contributed by atoms with Crippen molar-refractivity contribution in [1.29, 1.82) is 0 Å². The summed E-state index contributed by atoms with van der Waals surface area (Å²) in [4.78, 5) is 14.2. The van der Waals surface area contributed by atoms with Gasteiger partial charge in [0, 0.05) is 18.4 Å². The molecule has 1 aromatic carbocycles. The summed E-state index contributed by atoms with van der Waals surface area (Å²) in [6, 6.07) is 6.30. The Morgan fingerprint density at radius 1 is 1.26 bits per heavy atom. The lowest BCUT2D eigenvalue weighted by Gasteiger charge is -2.15. The zero-order valence-corrected chi connectivity index (χ0v) is 11.9. The number of hydrogen-bond donors (Lipinski definition) is 1. The predicted molar refractivity (Wildman–Crippen MR) is 78.1 cm³/mol. The molecule has 0 unspecified atom stereocenters. The van der Waals surface area contributed by atoms with Crippen LogP contribution in [-0.4, -0.2) is 26.9 Å². The number of hydrogen-bond acceptors (Lipinski definition) is 4. The number of nitrogens with one attached hydrogen (secondary N) is 1. The van der Waals surface area contributed by atoms with Crippen LogP contribution in [0.4, 0.5) is 0 Å². The lowest BCUT2D eigenvalue weighted by atomic mass is 10.2. The van der Waals surface area contributed by atoms with Gasteiger partial charge >= 0.3 is 0 Å². The summed E-state index contributed by atoms with van der Waals surface area (Å²) in [5.74, 6) is 1.01. The molecule has 1 N–H and O–H groups in total. The third-order valence-electron chi connectivity index (χ3n) is 3.05. The van der Waals surface area contributed by atoms with Crippen LogP contribution >= 0.6 is 11.3 Å². The number of H-pyrrole nitrogens is 1. The number of rotatable bonds is 4. The minimum absolute atomic E-state index is 0.822. The number of imidazole rings is 1. The minimum Gasteiger partial charge on any atom is -0.345 e. The number of thiazole rings is 1. The van der Waals surface area contributed by atoms with Gasteiger partial charge in [-0.1, -0.05) is 12.1 Å². The van der Waals surface area contributed by atoms with Gasteiger partial charge in [-0.05, 0) is 25.6 Å². The van der Waals surface area contributed by atoms with Crippen molar-refractivity contribution in [1.82, 2.24) is 19.9 Å². The molecule has 0 atom stereocenters. The molecule has 0 fully saturated rings. The number of benzene rings is 1. The van der Waals surface area contributed by atoms with E-state index >= 15 is 0 Å². The number of fused-ring (bicyclic) bond motifs is 1. The number of nitrogens with zero attached hydrogens (tertiary/aromatic N) is 3. The third-order valence-corrected chi connectivity index (χ3v) is 3.97. The molecule has 3 rings (SSSR count). The topological polar surface area (TPSA) is 44.8 Å². The van der Waals surface area contributed by atoms with Gasteiger partial charge in [0.15, 0.2) is 0 Å². The summed E-state index contributed by atoms with van der Waals surface area (Å²) >= 11 is 1.71. The quantitative estimate of drug-likeness (QED) is 0.794. The Hall–Kier alpha value is -1.72. The van der Waals surface area contributed by atoms with Crippen LogP contribution in [0.5, 0.6) is 0 Å². The summed E-state index contributed by atoms with van der Waals surface area (Å²) < 4.78 is 1.28. The summed E-state index contributed by atoms with van der Waals surface area (Å²) in [6.45, 7) is 3.75. The molecule has 0 saturated heterocycles. The maximum absolute atomic E-state index is 4.36. The van der Waals surface area contributed by atoms with Crippen LogP contribution in [0, 0.1) is 6.92 Å². The largest absolute Gasteiger partial charge is 0.345 e. The Kier molecular flexibility index (Phi) is 3.31. The van der Waals surface area contributed by atoms with Gasteiger partial charge in [-0.3, -0.25) is 4.90 Å². The molecule has 2 aromatic heterocycles. The highest BCUT2D eigenvalue weighted by Crippen LogP contribution is 2.23. The highest BCUT2D eigenvalue weighted by atomic mass is 32.1. The van der Waals surface area contributed by atoms with Crippen LogP contribution in [0.15, 0.2) is 29.9 Å². The molecule has 0 spiro atoms. The lowest BCUT2D eigenvalue weighted by Crippen LogP contribution is -2.18. The smallest absolute Gasteiger partial charge is 0.120 e. The van der Waals surface area contributed by atoms with E-state index < -0.39 is 0 Å². The van der Waals surface area contributed by atoms with E-state index in [2.05, 4.69) is 45.1 Å². The zero-order chi connectivity index (χ0) is 13.2. The van der Waals surface area contributed by atoms with Crippen molar-refractivity contribution in [3.63, 3.8) is 0 Å². The zero-order valence-electron chi connectivity index (χ0n) is 11.1. The van der Waals surface area contributed by atoms with Crippen molar-refractivity contribution in [2.24, 2.45) is 0 Å². The van der Waals surface area contributed by atoms with E-state index in [0.717, 1.165) is 30.1 Å². The highest BCUT2D eigenvalue weighted by Gasteiger charge is 2.08. The summed E-state index contributed by atoms with van der Waals surface area (Å²) in [5, 5.41) is 0. The Morgan fingerprint density at radius 3 is 2.95 bits per heavy atom. The van der Waals surface area contributed by atoms with E-state index in [1.807, 2.05) is 18.6 Å². The predicted octanol–water partition coefficient (Wildman–Crippen LogP) is 2.96. The van der Waals surface area contributed by atoms with E-state index in [0.29, 0.717) is 0 Å². The molecule has 0 amide bonds. The molecular weight excluding hydrogens is 256 g/mol. The Bertz CT molecular complexity index is 685. The molecule has 0 aliphatic rings. The molecular formula is C14H16N4S. The fraction of sp³-hybridized carbons (Fsp3) is 0.286. The first kappa shape index (κ1) is 12.3. The van der Waals surface area contributed by atoms with Gasteiger partial charge in [0.2, 0.25) is 0 Å². The SMILES string of the molecule is Cc1cnc(CN(C)Cc2cccc3ncsc23)[nH]1. The summed E-state index contributed by atoms with van der Waals surface area (Å²) in [6.07, 6.45) is 1.87. The monoisotopic (exact) mass is 272 g/mol. The van der Waals surface area contributed by atoms with Crippen molar-refractivity contribution in [2.45, 2.75) is 20.0 Å². The van der Waals surface area contributed by atoms with Crippen LogP contribution in [0.3, 0.4) is 0 Å². The van der Waals surface area contributed by atoms with Crippen LogP contribution in [-0.2, 0) is 13.1 Å². The van der Waals surface area contributed by atoms with Gasteiger partial charge in [0.05, 0.1) is 22.3 Å². The summed E-state index contributed by atoms with van der Waals surface area (Å²) in [5.41, 5.74) is 5.42. The highest BCUT2D eigenvalue weighted by molar-refractivity contribution is 7.16. The number of aromatic amines is 1. The standard InChI is InChI=1S/C14H16N4S/c1-10-6-15-13(17-10)8-18(2)7-11-4-3-5-12-14(11)19-9-16-12/h3-6,9H,7-8H2,1-2H3,(H,15,17). The van der Waals surface area contributed by atoms with Crippen LogP contribution in [0.25, 0.3) is 10.2 Å². The normalized spacial score (nSPS) is 11.5. The van der Waals surface area contributed by atoms with Crippen molar-refractivity contribution in [3.05, 3.63) is 47.0 Å². The minimum atomic E-state index is 0.822. The van der Waals surface area contributed by atoms with Crippen molar-refractivity contribution < 1.29 is 0 Å². The molecule has 0 saturated carbocycles. The van der Waals surface area contributed by atoms with E-state index in [1.165, 1.54) is 10.3 Å². The number of aromatic nitrogens is 3. The average Bonchev–Trinajstić information content (AvgIpc) is 2.98. The number of aryl methyl sites for hydroxylation is 1. The van der Waals surface area contributed by atoms with E-state index in [-0.39, 0.29) is 0 Å². The van der Waals surface area contributed by atoms with E-state index in [4.69, 9.17) is 0 Å². The van der Waals surface area contributed by atoms with Crippen molar-refractivity contribution in [3.8, 4) is 0 Å². The van der Waals surface area contributed by atoms with Gasteiger partial charge in [-0.15, -0.1) is 11.3 Å². The fourth-order valence-corrected chi connectivity index (χ4v) is 3.02. The van der Waals surface area contributed by atoms with Crippen LogP contribution in [0.2, 0.25) is 0 Å². The Balaban J connectivity index is 1.75. The molecule has 0 bridgehead atoms. The molecule has 5 heteroatoms. The fourth-order valence-electron chi connectivity index (χ4n) is 2.22. The second-order valence-corrected chi connectivity index (χ2v) is 5.66. The van der Waals surface area contributed by atoms with E-state index in [9.17, 15) is 0 Å². The third kappa shape index (κ3) is 2.67. The molecule has 0 radical (unpaired) electrons. The molecule has 0 aliphatic heterocycles. The molecule has 98 valence electrons. The van der Waals surface area contributed by atoms with Crippen LogP contribution in [0.1, 0.15) is 17.1 Å². The van der Waals surface area contributed by atoms with E-state index in [1.54, 1.807) is 11.3 Å². The van der Waals surface area contributed by atoms with Gasteiger partial charge in [0.1, 0.15) is 5.82 Å². The maximum atomic E-state index is 4.36. The van der Waals surface area contributed by atoms with Gasteiger partial charge in [-0.25, -0.2) is 9.97 Å². The first-order valence-electron chi connectivity index (χ1n) is 6.22. The molecule has 19 heavy (non-hydrogen) atoms. The molecule has 4 nitrogen and oxygen atoms in total. The van der Waals surface area contributed by atoms with Gasteiger partial charge < -0.3 is 4.98 Å². The molecule has 2 heterocycles. The van der Waals surface area contributed by atoms with Gasteiger partial charge in [0.25, 0.3) is 0 Å². The second-order valence-electron chi connectivity index (χ2n) is 4.80. The second kappa shape index (κ2) is 5.11. The van der Waals surface area contributed by atoms with Crippen molar-refractivity contribution in [2.75, 3.05) is 7.05 Å². The van der Waals surface area contributed by atoms with Gasteiger partial charge in [-0.2, -0.15) is 0 Å².